The molecule has 2 heterocycles. The predicted octanol–water partition coefficient (Wildman–Crippen LogP) is 2.71. The SMILES string of the molecule is O[C@@H]1CC[C@@]2(CNc3ncc(Br)c(Cl)c32)C1. The number of aliphatic hydroxyl groups excluding tert-OH is 1. The molecule has 0 amide bonds. The van der Waals surface area contributed by atoms with E-state index in [1.807, 2.05) is 0 Å². The van der Waals surface area contributed by atoms with Crippen molar-refractivity contribution >= 4 is 33.3 Å². The Balaban J connectivity index is 2.14. The minimum Gasteiger partial charge on any atom is -0.393 e. The lowest BCUT2D eigenvalue weighted by Crippen LogP contribution is -2.26. The van der Waals surface area contributed by atoms with Gasteiger partial charge in [-0.3, -0.25) is 0 Å². The van der Waals surface area contributed by atoms with Crippen LogP contribution in [0.4, 0.5) is 5.82 Å². The maximum atomic E-state index is 9.74. The lowest BCUT2D eigenvalue weighted by atomic mass is 9.81. The van der Waals surface area contributed by atoms with Crippen LogP contribution >= 0.6 is 27.5 Å². The summed E-state index contributed by atoms with van der Waals surface area (Å²) in [5.41, 5.74) is 1.07. The van der Waals surface area contributed by atoms with Gasteiger partial charge in [0.25, 0.3) is 0 Å². The van der Waals surface area contributed by atoms with Crippen LogP contribution in [0.3, 0.4) is 0 Å². The Hall–Kier alpha value is -0.320. The molecule has 0 radical (unpaired) electrons. The quantitative estimate of drug-likeness (QED) is 0.774. The largest absolute Gasteiger partial charge is 0.393 e. The number of pyridine rings is 1. The fraction of sp³-hybridized carbons (Fsp3) is 0.545. The minimum absolute atomic E-state index is 0.0113. The van der Waals surface area contributed by atoms with Gasteiger partial charge in [-0.05, 0) is 35.2 Å². The van der Waals surface area contributed by atoms with Gasteiger partial charge in [-0.1, -0.05) is 11.6 Å². The lowest BCUT2D eigenvalue weighted by Gasteiger charge is -2.23. The summed E-state index contributed by atoms with van der Waals surface area (Å²) in [6, 6.07) is 0. The van der Waals surface area contributed by atoms with Crippen LogP contribution in [0.2, 0.25) is 5.02 Å². The second kappa shape index (κ2) is 3.59. The molecule has 2 atom stereocenters. The third-order valence-corrected chi connectivity index (χ3v) is 4.90. The summed E-state index contributed by atoms with van der Waals surface area (Å²) in [7, 11) is 0. The van der Waals surface area contributed by atoms with E-state index in [1.54, 1.807) is 6.20 Å². The molecule has 3 rings (SSSR count). The number of aromatic nitrogens is 1. The van der Waals surface area contributed by atoms with Gasteiger partial charge in [-0.15, -0.1) is 0 Å². The lowest BCUT2D eigenvalue weighted by molar-refractivity contribution is 0.175. The Labute approximate surface area is 107 Å². The van der Waals surface area contributed by atoms with Gasteiger partial charge >= 0.3 is 0 Å². The highest BCUT2D eigenvalue weighted by atomic mass is 79.9. The molecular weight excluding hydrogens is 291 g/mol. The molecule has 1 aliphatic heterocycles. The van der Waals surface area contributed by atoms with Crippen molar-refractivity contribution in [3.63, 3.8) is 0 Å². The first-order chi connectivity index (χ1) is 7.62. The van der Waals surface area contributed by atoms with Gasteiger partial charge in [0, 0.05) is 23.7 Å². The van der Waals surface area contributed by atoms with E-state index in [0.717, 1.165) is 46.7 Å². The van der Waals surface area contributed by atoms with E-state index in [-0.39, 0.29) is 11.5 Å². The van der Waals surface area contributed by atoms with Gasteiger partial charge in [0.05, 0.1) is 15.6 Å². The molecule has 1 aromatic rings. The maximum absolute atomic E-state index is 9.74. The smallest absolute Gasteiger partial charge is 0.131 e. The Morgan fingerprint density at radius 2 is 2.44 bits per heavy atom. The molecule has 2 N–H and O–H groups in total. The Kier molecular flexibility index (Phi) is 2.42. The zero-order valence-corrected chi connectivity index (χ0v) is 11.0. The van der Waals surface area contributed by atoms with Gasteiger partial charge < -0.3 is 10.4 Å². The first-order valence-corrected chi connectivity index (χ1v) is 6.56. The number of fused-ring (bicyclic) bond motifs is 2. The molecule has 5 heteroatoms. The molecule has 16 heavy (non-hydrogen) atoms. The summed E-state index contributed by atoms with van der Waals surface area (Å²) in [6.45, 7) is 0.836. The van der Waals surface area contributed by atoms with E-state index in [0.29, 0.717) is 0 Å². The summed E-state index contributed by atoms with van der Waals surface area (Å²) < 4.78 is 0.831. The van der Waals surface area contributed by atoms with Crippen molar-refractivity contribution in [2.24, 2.45) is 0 Å². The van der Waals surface area contributed by atoms with Crippen LogP contribution in [0.5, 0.6) is 0 Å². The first kappa shape index (κ1) is 10.8. The number of aliphatic hydroxyl groups is 1. The zero-order valence-electron chi connectivity index (χ0n) is 8.63. The molecule has 0 bridgehead atoms. The van der Waals surface area contributed by atoms with Crippen molar-refractivity contribution in [3.8, 4) is 0 Å². The first-order valence-electron chi connectivity index (χ1n) is 5.39. The van der Waals surface area contributed by atoms with E-state index < -0.39 is 0 Å². The van der Waals surface area contributed by atoms with Crippen LogP contribution in [0, 0.1) is 0 Å². The number of rotatable bonds is 0. The Bertz CT molecular complexity index is 450. The molecule has 1 fully saturated rings. The van der Waals surface area contributed by atoms with Crippen molar-refractivity contribution in [2.45, 2.75) is 30.8 Å². The molecule has 1 aromatic heterocycles. The van der Waals surface area contributed by atoms with Gasteiger partial charge in [-0.25, -0.2) is 4.98 Å². The predicted molar refractivity (Wildman–Crippen MR) is 67.0 cm³/mol. The Morgan fingerprint density at radius 1 is 1.62 bits per heavy atom. The third kappa shape index (κ3) is 1.40. The third-order valence-electron chi connectivity index (χ3n) is 3.68. The molecule has 0 aromatic carbocycles. The average molecular weight is 304 g/mol. The van der Waals surface area contributed by atoms with Crippen molar-refractivity contribution in [2.75, 3.05) is 11.9 Å². The maximum Gasteiger partial charge on any atom is 0.131 e. The molecule has 3 nitrogen and oxygen atoms in total. The van der Waals surface area contributed by atoms with Crippen LogP contribution in [0.15, 0.2) is 10.7 Å². The number of hydrogen-bond acceptors (Lipinski definition) is 3. The van der Waals surface area contributed by atoms with Crippen LogP contribution in [-0.2, 0) is 5.41 Å². The molecule has 1 aliphatic carbocycles. The summed E-state index contributed by atoms with van der Waals surface area (Å²) >= 11 is 9.76. The summed E-state index contributed by atoms with van der Waals surface area (Å²) in [6.07, 6.45) is 4.13. The zero-order chi connectivity index (χ0) is 11.3. The van der Waals surface area contributed by atoms with Gasteiger partial charge in [0.1, 0.15) is 5.82 Å². The number of nitrogens with zero attached hydrogens (tertiary/aromatic N) is 1. The summed E-state index contributed by atoms with van der Waals surface area (Å²) in [5, 5.41) is 13.8. The summed E-state index contributed by atoms with van der Waals surface area (Å²) in [5.74, 6) is 0.877. The van der Waals surface area contributed by atoms with Gasteiger partial charge in [0.15, 0.2) is 0 Å². The van der Waals surface area contributed by atoms with Crippen molar-refractivity contribution < 1.29 is 5.11 Å². The highest BCUT2D eigenvalue weighted by Gasteiger charge is 2.46. The van der Waals surface area contributed by atoms with E-state index in [9.17, 15) is 5.11 Å². The average Bonchev–Trinajstić information content (AvgIpc) is 2.79. The number of hydrogen-bond donors (Lipinski definition) is 2. The van der Waals surface area contributed by atoms with Gasteiger partial charge in [-0.2, -0.15) is 0 Å². The van der Waals surface area contributed by atoms with Crippen LogP contribution in [0.1, 0.15) is 24.8 Å². The van der Waals surface area contributed by atoms with E-state index >= 15 is 0 Å². The molecule has 2 aliphatic rings. The second-order valence-electron chi connectivity index (χ2n) is 4.67. The van der Waals surface area contributed by atoms with E-state index in [2.05, 4.69) is 26.2 Å². The van der Waals surface area contributed by atoms with Crippen LogP contribution in [0.25, 0.3) is 0 Å². The van der Waals surface area contributed by atoms with Crippen LogP contribution in [-0.4, -0.2) is 22.7 Å². The molecule has 86 valence electrons. The number of anilines is 1. The minimum atomic E-state index is -0.206. The molecule has 0 saturated heterocycles. The monoisotopic (exact) mass is 302 g/mol. The molecular formula is C11H12BrClN2O. The Morgan fingerprint density at radius 3 is 3.12 bits per heavy atom. The fourth-order valence-electron chi connectivity index (χ4n) is 2.91. The standard InChI is InChI=1S/C11H12BrClN2O/c12-7-4-14-10-8(9(7)13)11(5-15-10)2-1-6(16)3-11/h4,6,16H,1-3,5H2,(H,14,15)/t6-,11+/m1/s1. The highest BCUT2D eigenvalue weighted by molar-refractivity contribution is 9.10. The van der Waals surface area contributed by atoms with E-state index in [4.69, 9.17) is 11.6 Å². The van der Waals surface area contributed by atoms with Crippen LogP contribution < -0.4 is 5.32 Å². The normalized spacial score (nSPS) is 31.8. The number of halogens is 2. The highest BCUT2D eigenvalue weighted by Crippen LogP contribution is 2.51. The second-order valence-corrected chi connectivity index (χ2v) is 5.91. The van der Waals surface area contributed by atoms with Gasteiger partial charge in [0.2, 0.25) is 0 Å². The fourth-order valence-corrected chi connectivity index (χ4v) is 3.55. The molecule has 1 saturated carbocycles. The molecule has 1 spiro atoms. The molecule has 0 unspecified atom stereocenters. The number of nitrogens with one attached hydrogen (secondary N) is 1. The van der Waals surface area contributed by atoms with Crippen molar-refractivity contribution in [3.05, 3.63) is 21.3 Å². The van der Waals surface area contributed by atoms with E-state index in [1.165, 1.54) is 0 Å². The summed E-state index contributed by atoms with van der Waals surface area (Å²) in [4.78, 5) is 4.34. The van der Waals surface area contributed by atoms with Crippen molar-refractivity contribution in [1.29, 1.82) is 0 Å². The van der Waals surface area contributed by atoms with Crippen molar-refractivity contribution in [1.82, 2.24) is 4.98 Å². The topological polar surface area (TPSA) is 45.1 Å².